The quantitative estimate of drug-likeness (QED) is 0.826. The highest BCUT2D eigenvalue weighted by molar-refractivity contribution is 6.05. The number of benzene rings is 1. The number of rotatable bonds is 5. The number of carbonyl (C=O) groups is 2. The van der Waals surface area contributed by atoms with E-state index in [9.17, 15) is 9.59 Å². The zero-order valence-corrected chi connectivity index (χ0v) is 11.6. The fourth-order valence-corrected chi connectivity index (χ4v) is 1.77. The van der Waals surface area contributed by atoms with Gasteiger partial charge in [-0.15, -0.1) is 0 Å². The van der Waals surface area contributed by atoms with E-state index in [0.717, 1.165) is 17.7 Å². The van der Waals surface area contributed by atoms with Crippen LogP contribution in [0.5, 0.6) is 5.75 Å². The minimum absolute atomic E-state index is 0.445. The number of aryl methyl sites for hydroxylation is 1. The Morgan fingerprint density at radius 2 is 2.05 bits per heavy atom. The van der Waals surface area contributed by atoms with Crippen molar-refractivity contribution in [3.05, 3.63) is 23.8 Å². The number of anilines is 1. The number of carboxylic acid groups (broad SMARTS) is 1. The first-order valence-electron chi connectivity index (χ1n) is 6.09. The lowest BCUT2D eigenvalue weighted by Crippen LogP contribution is -2.35. The van der Waals surface area contributed by atoms with E-state index in [-0.39, 0.29) is 0 Å². The van der Waals surface area contributed by atoms with Crippen molar-refractivity contribution in [2.45, 2.75) is 20.3 Å². The molecule has 1 rings (SSSR count). The van der Waals surface area contributed by atoms with E-state index >= 15 is 0 Å². The van der Waals surface area contributed by atoms with Crippen molar-refractivity contribution in [3.63, 3.8) is 0 Å². The van der Waals surface area contributed by atoms with E-state index in [0.29, 0.717) is 5.69 Å². The minimum Gasteiger partial charge on any atom is -0.496 e. The Morgan fingerprint density at radius 3 is 2.53 bits per heavy atom. The fraction of sp³-hybridized carbons (Fsp3) is 0.429. The molecule has 1 atom stereocenters. The predicted octanol–water partition coefficient (Wildman–Crippen LogP) is 1.94. The summed E-state index contributed by atoms with van der Waals surface area (Å²) >= 11 is 0. The van der Waals surface area contributed by atoms with Crippen LogP contribution < -0.4 is 9.64 Å². The Hall–Kier alpha value is -2.04. The SMILES string of the molecule is CCc1cc(N(C)C(=O)C(C)C(=O)O)ccc1OC. The van der Waals surface area contributed by atoms with Gasteiger partial charge in [-0.3, -0.25) is 9.59 Å². The van der Waals surface area contributed by atoms with Crippen LogP contribution in [0, 0.1) is 5.92 Å². The van der Waals surface area contributed by atoms with Gasteiger partial charge in [0.2, 0.25) is 5.91 Å². The minimum atomic E-state index is -1.12. The van der Waals surface area contributed by atoms with E-state index < -0.39 is 17.8 Å². The lowest BCUT2D eigenvalue weighted by atomic mass is 10.1. The molecule has 0 radical (unpaired) electrons. The van der Waals surface area contributed by atoms with Gasteiger partial charge < -0.3 is 14.7 Å². The number of carbonyl (C=O) groups excluding carboxylic acids is 1. The molecule has 1 unspecified atom stereocenters. The Kier molecular flexibility index (Phi) is 4.92. The van der Waals surface area contributed by atoms with Crippen molar-refractivity contribution in [1.29, 1.82) is 0 Å². The summed E-state index contributed by atoms with van der Waals surface area (Å²) in [5.41, 5.74) is 1.64. The van der Waals surface area contributed by atoms with Gasteiger partial charge in [0.1, 0.15) is 11.7 Å². The summed E-state index contributed by atoms with van der Waals surface area (Å²) in [7, 11) is 3.17. The first-order valence-corrected chi connectivity index (χ1v) is 6.09. The van der Waals surface area contributed by atoms with Gasteiger partial charge in [0.15, 0.2) is 0 Å². The van der Waals surface area contributed by atoms with Crippen LogP contribution in [-0.2, 0) is 16.0 Å². The number of aliphatic carboxylic acids is 1. The summed E-state index contributed by atoms with van der Waals surface area (Å²) in [4.78, 5) is 24.1. The zero-order valence-electron chi connectivity index (χ0n) is 11.6. The van der Waals surface area contributed by atoms with E-state index in [1.165, 1.54) is 11.8 Å². The molecule has 5 heteroatoms. The molecule has 1 aromatic carbocycles. The van der Waals surface area contributed by atoms with Crippen LogP contribution in [0.15, 0.2) is 18.2 Å². The van der Waals surface area contributed by atoms with Crippen LogP contribution in [0.4, 0.5) is 5.69 Å². The number of amides is 1. The smallest absolute Gasteiger partial charge is 0.315 e. The molecule has 104 valence electrons. The van der Waals surface area contributed by atoms with Gasteiger partial charge in [0.25, 0.3) is 0 Å². The number of methoxy groups -OCH3 is 1. The second-order valence-electron chi connectivity index (χ2n) is 4.31. The summed E-state index contributed by atoms with van der Waals surface area (Å²) in [6.07, 6.45) is 0.771. The molecular formula is C14H19NO4. The highest BCUT2D eigenvalue weighted by Crippen LogP contribution is 2.25. The molecule has 0 aliphatic heterocycles. The summed E-state index contributed by atoms with van der Waals surface area (Å²) in [6, 6.07) is 5.36. The number of nitrogens with zero attached hydrogens (tertiary/aromatic N) is 1. The molecular weight excluding hydrogens is 246 g/mol. The molecule has 0 aliphatic carbocycles. The van der Waals surface area contributed by atoms with Crippen molar-refractivity contribution >= 4 is 17.6 Å². The van der Waals surface area contributed by atoms with Crippen molar-refractivity contribution in [2.75, 3.05) is 19.1 Å². The maximum absolute atomic E-state index is 12.0. The molecule has 0 aromatic heterocycles. The van der Waals surface area contributed by atoms with E-state index in [2.05, 4.69) is 0 Å². The van der Waals surface area contributed by atoms with Crippen LogP contribution >= 0.6 is 0 Å². The molecule has 1 amide bonds. The van der Waals surface area contributed by atoms with Crippen LogP contribution in [0.3, 0.4) is 0 Å². The van der Waals surface area contributed by atoms with Gasteiger partial charge in [-0.25, -0.2) is 0 Å². The Morgan fingerprint density at radius 1 is 1.42 bits per heavy atom. The highest BCUT2D eigenvalue weighted by Gasteiger charge is 2.25. The Labute approximate surface area is 112 Å². The lowest BCUT2D eigenvalue weighted by molar-refractivity contribution is -0.145. The van der Waals surface area contributed by atoms with Crippen LogP contribution in [0.25, 0.3) is 0 Å². The van der Waals surface area contributed by atoms with E-state index in [4.69, 9.17) is 9.84 Å². The number of carboxylic acids is 1. The van der Waals surface area contributed by atoms with Crippen LogP contribution in [0.1, 0.15) is 19.4 Å². The summed E-state index contributed by atoms with van der Waals surface area (Å²) in [6.45, 7) is 3.37. The first-order chi connectivity index (χ1) is 8.92. The Balaban J connectivity index is 3.03. The first kappa shape index (κ1) is 15.0. The van der Waals surface area contributed by atoms with Crippen molar-refractivity contribution in [3.8, 4) is 5.75 Å². The lowest BCUT2D eigenvalue weighted by Gasteiger charge is -2.21. The molecule has 0 spiro atoms. The molecule has 19 heavy (non-hydrogen) atoms. The third-order valence-corrected chi connectivity index (χ3v) is 3.10. The monoisotopic (exact) mass is 265 g/mol. The normalized spacial score (nSPS) is 11.8. The van der Waals surface area contributed by atoms with Gasteiger partial charge in [-0.05, 0) is 37.1 Å². The molecule has 0 aliphatic rings. The second kappa shape index (κ2) is 6.22. The van der Waals surface area contributed by atoms with E-state index in [1.54, 1.807) is 26.3 Å². The van der Waals surface area contributed by atoms with E-state index in [1.807, 2.05) is 13.0 Å². The van der Waals surface area contributed by atoms with Gasteiger partial charge in [-0.2, -0.15) is 0 Å². The predicted molar refractivity (Wildman–Crippen MR) is 72.6 cm³/mol. The second-order valence-corrected chi connectivity index (χ2v) is 4.31. The van der Waals surface area contributed by atoms with Gasteiger partial charge in [-0.1, -0.05) is 6.92 Å². The van der Waals surface area contributed by atoms with Gasteiger partial charge in [0.05, 0.1) is 7.11 Å². The molecule has 0 fully saturated rings. The number of hydrogen-bond donors (Lipinski definition) is 1. The largest absolute Gasteiger partial charge is 0.496 e. The molecule has 0 saturated carbocycles. The topological polar surface area (TPSA) is 66.8 Å². The average molecular weight is 265 g/mol. The Bertz CT molecular complexity index is 484. The number of ether oxygens (including phenoxy) is 1. The van der Waals surface area contributed by atoms with Gasteiger partial charge >= 0.3 is 5.97 Å². The molecule has 5 nitrogen and oxygen atoms in total. The molecule has 0 bridgehead atoms. The fourth-order valence-electron chi connectivity index (χ4n) is 1.77. The molecule has 0 heterocycles. The van der Waals surface area contributed by atoms with Gasteiger partial charge in [0, 0.05) is 12.7 Å². The van der Waals surface area contributed by atoms with Crippen molar-refractivity contribution in [2.24, 2.45) is 5.92 Å². The van der Waals surface area contributed by atoms with Crippen molar-refractivity contribution in [1.82, 2.24) is 0 Å². The summed E-state index contributed by atoms with van der Waals surface area (Å²) in [5, 5.41) is 8.86. The highest BCUT2D eigenvalue weighted by atomic mass is 16.5. The van der Waals surface area contributed by atoms with Crippen LogP contribution in [-0.4, -0.2) is 31.1 Å². The maximum atomic E-state index is 12.0. The summed E-state index contributed by atoms with van der Waals surface area (Å²) < 4.78 is 5.22. The maximum Gasteiger partial charge on any atom is 0.315 e. The molecule has 1 N–H and O–H groups in total. The van der Waals surface area contributed by atoms with Crippen LogP contribution in [0.2, 0.25) is 0 Å². The summed E-state index contributed by atoms with van der Waals surface area (Å²) in [5.74, 6) is -1.86. The zero-order chi connectivity index (χ0) is 14.6. The average Bonchev–Trinajstić information content (AvgIpc) is 2.43. The van der Waals surface area contributed by atoms with Crippen molar-refractivity contribution < 1.29 is 19.4 Å². The third-order valence-electron chi connectivity index (χ3n) is 3.10. The molecule has 1 aromatic rings. The number of hydrogen-bond acceptors (Lipinski definition) is 3. The third kappa shape index (κ3) is 3.24. The standard InChI is InChI=1S/C14H19NO4/c1-5-10-8-11(6-7-12(10)19-4)15(3)13(16)9(2)14(17)18/h6-9H,5H2,1-4H3,(H,17,18). The molecule has 0 saturated heterocycles.